The second kappa shape index (κ2) is 4.04. The Morgan fingerprint density at radius 2 is 2.45 bits per heavy atom. The molecule has 2 atom stereocenters. The Morgan fingerprint density at radius 1 is 1.73 bits per heavy atom. The molecule has 0 saturated carbocycles. The SMILES string of the molecule is CCN1CCO[C@@H]([C@H](C)O)C1. The van der Waals surface area contributed by atoms with Crippen molar-refractivity contribution in [2.75, 3.05) is 26.2 Å². The van der Waals surface area contributed by atoms with Crippen LogP contribution in [-0.2, 0) is 4.74 Å². The highest BCUT2D eigenvalue weighted by Gasteiger charge is 2.22. The second-order valence-electron chi connectivity index (χ2n) is 3.04. The molecule has 0 aliphatic carbocycles. The molecule has 1 aliphatic rings. The maximum atomic E-state index is 9.24. The molecule has 1 rings (SSSR count). The molecule has 3 heteroatoms. The van der Waals surface area contributed by atoms with Crippen molar-refractivity contribution in [1.82, 2.24) is 4.90 Å². The summed E-state index contributed by atoms with van der Waals surface area (Å²) in [6.45, 7) is 7.58. The van der Waals surface area contributed by atoms with Gasteiger partial charge in [-0.05, 0) is 13.5 Å². The zero-order valence-electron chi connectivity index (χ0n) is 7.29. The van der Waals surface area contributed by atoms with Gasteiger partial charge in [0.05, 0.1) is 18.8 Å². The van der Waals surface area contributed by atoms with Crippen molar-refractivity contribution in [2.45, 2.75) is 26.1 Å². The highest BCUT2D eigenvalue weighted by Crippen LogP contribution is 2.07. The summed E-state index contributed by atoms with van der Waals surface area (Å²) in [5.74, 6) is 0. The van der Waals surface area contributed by atoms with Crippen LogP contribution in [0.4, 0.5) is 0 Å². The minimum atomic E-state index is -0.343. The zero-order valence-corrected chi connectivity index (χ0v) is 7.29. The maximum absolute atomic E-state index is 9.24. The smallest absolute Gasteiger partial charge is 0.0958 e. The molecule has 3 nitrogen and oxygen atoms in total. The van der Waals surface area contributed by atoms with Crippen molar-refractivity contribution in [3.05, 3.63) is 0 Å². The van der Waals surface area contributed by atoms with Gasteiger partial charge in [-0.3, -0.25) is 4.90 Å². The Kier molecular flexibility index (Phi) is 3.30. The normalized spacial score (nSPS) is 30.3. The van der Waals surface area contributed by atoms with E-state index in [0.29, 0.717) is 0 Å². The third-order valence-corrected chi connectivity index (χ3v) is 2.16. The van der Waals surface area contributed by atoms with Gasteiger partial charge in [0.25, 0.3) is 0 Å². The third-order valence-electron chi connectivity index (χ3n) is 2.16. The Balaban J connectivity index is 2.33. The van der Waals surface area contributed by atoms with Crippen LogP contribution in [0, 0.1) is 0 Å². The highest BCUT2D eigenvalue weighted by molar-refractivity contribution is 4.74. The van der Waals surface area contributed by atoms with E-state index in [1.54, 1.807) is 6.92 Å². The number of nitrogens with zero attached hydrogens (tertiary/aromatic N) is 1. The van der Waals surface area contributed by atoms with E-state index in [1.165, 1.54) is 0 Å². The molecule has 0 amide bonds. The van der Waals surface area contributed by atoms with Gasteiger partial charge >= 0.3 is 0 Å². The van der Waals surface area contributed by atoms with E-state index in [9.17, 15) is 5.11 Å². The van der Waals surface area contributed by atoms with Crippen LogP contribution in [0.3, 0.4) is 0 Å². The van der Waals surface area contributed by atoms with Crippen LogP contribution in [0.2, 0.25) is 0 Å². The Morgan fingerprint density at radius 3 is 3.00 bits per heavy atom. The monoisotopic (exact) mass is 159 g/mol. The molecule has 1 aliphatic heterocycles. The fraction of sp³-hybridized carbons (Fsp3) is 1.00. The van der Waals surface area contributed by atoms with Gasteiger partial charge in [-0.25, -0.2) is 0 Å². The first-order valence-electron chi connectivity index (χ1n) is 4.26. The van der Waals surface area contributed by atoms with Crippen molar-refractivity contribution in [1.29, 1.82) is 0 Å². The van der Waals surface area contributed by atoms with Gasteiger partial charge in [0.15, 0.2) is 0 Å². The van der Waals surface area contributed by atoms with E-state index in [4.69, 9.17) is 4.74 Å². The van der Waals surface area contributed by atoms with Crippen molar-refractivity contribution in [2.24, 2.45) is 0 Å². The lowest BCUT2D eigenvalue weighted by atomic mass is 10.2. The average molecular weight is 159 g/mol. The molecule has 0 radical (unpaired) electrons. The molecule has 1 fully saturated rings. The number of ether oxygens (including phenoxy) is 1. The van der Waals surface area contributed by atoms with E-state index in [1.807, 2.05) is 0 Å². The van der Waals surface area contributed by atoms with Gasteiger partial charge in [0.2, 0.25) is 0 Å². The molecule has 0 unspecified atom stereocenters. The van der Waals surface area contributed by atoms with Gasteiger partial charge < -0.3 is 9.84 Å². The second-order valence-corrected chi connectivity index (χ2v) is 3.04. The molecule has 1 saturated heterocycles. The molecule has 0 aromatic heterocycles. The standard InChI is InChI=1S/C8H17NO2/c1-3-9-4-5-11-8(6-9)7(2)10/h7-8,10H,3-6H2,1-2H3/t7-,8+/m0/s1. The first-order chi connectivity index (χ1) is 5.24. The minimum Gasteiger partial charge on any atom is -0.391 e. The summed E-state index contributed by atoms with van der Waals surface area (Å²) < 4.78 is 5.38. The summed E-state index contributed by atoms with van der Waals surface area (Å²) in [4.78, 5) is 2.29. The summed E-state index contributed by atoms with van der Waals surface area (Å²) >= 11 is 0. The topological polar surface area (TPSA) is 32.7 Å². The van der Waals surface area contributed by atoms with Crippen LogP contribution in [0.1, 0.15) is 13.8 Å². The summed E-state index contributed by atoms with van der Waals surface area (Å²) in [5.41, 5.74) is 0. The molecule has 0 bridgehead atoms. The molecule has 1 N–H and O–H groups in total. The lowest BCUT2D eigenvalue weighted by Crippen LogP contribution is -2.46. The molecule has 1 heterocycles. The van der Waals surface area contributed by atoms with E-state index in [0.717, 1.165) is 26.2 Å². The number of hydrogen-bond acceptors (Lipinski definition) is 3. The molecular formula is C8H17NO2. The Hall–Kier alpha value is -0.120. The van der Waals surface area contributed by atoms with Gasteiger partial charge in [-0.1, -0.05) is 6.92 Å². The molecule has 66 valence electrons. The Bertz CT molecular complexity index is 117. The number of rotatable bonds is 2. The fourth-order valence-electron chi connectivity index (χ4n) is 1.31. The summed E-state index contributed by atoms with van der Waals surface area (Å²) in [7, 11) is 0. The van der Waals surface area contributed by atoms with Crippen LogP contribution >= 0.6 is 0 Å². The zero-order chi connectivity index (χ0) is 8.27. The van der Waals surface area contributed by atoms with Gasteiger partial charge in [-0.2, -0.15) is 0 Å². The lowest BCUT2D eigenvalue weighted by molar-refractivity contribution is -0.0814. The Labute approximate surface area is 68.0 Å². The van der Waals surface area contributed by atoms with Crippen molar-refractivity contribution < 1.29 is 9.84 Å². The number of aliphatic hydroxyl groups excluding tert-OH is 1. The van der Waals surface area contributed by atoms with Crippen molar-refractivity contribution in [3.8, 4) is 0 Å². The predicted molar refractivity (Wildman–Crippen MR) is 43.5 cm³/mol. The molecule has 0 aromatic carbocycles. The highest BCUT2D eigenvalue weighted by atomic mass is 16.5. The largest absolute Gasteiger partial charge is 0.391 e. The van der Waals surface area contributed by atoms with E-state index in [2.05, 4.69) is 11.8 Å². The molecular weight excluding hydrogens is 142 g/mol. The average Bonchev–Trinajstić information content (AvgIpc) is 2.05. The van der Waals surface area contributed by atoms with Crippen LogP contribution in [0.25, 0.3) is 0 Å². The van der Waals surface area contributed by atoms with Gasteiger partial charge in [0, 0.05) is 13.1 Å². The minimum absolute atomic E-state index is 0.0173. The van der Waals surface area contributed by atoms with Crippen LogP contribution < -0.4 is 0 Å². The third kappa shape index (κ3) is 2.43. The van der Waals surface area contributed by atoms with Crippen LogP contribution in [0.15, 0.2) is 0 Å². The first-order valence-corrected chi connectivity index (χ1v) is 4.26. The predicted octanol–water partition coefficient (Wildman–Crippen LogP) is 0.0879. The number of likely N-dealkylation sites (N-methyl/N-ethyl adjacent to an activating group) is 1. The van der Waals surface area contributed by atoms with Crippen molar-refractivity contribution >= 4 is 0 Å². The number of aliphatic hydroxyl groups is 1. The molecule has 0 spiro atoms. The first kappa shape index (κ1) is 8.97. The van der Waals surface area contributed by atoms with Crippen LogP contribution in [0.5, 0.6) is 0 Å². The summed E-state index contributed by atoms with van der Waals surface area (Å²) in [5, 5.41) is 9.24. The fourth-order valence-corrected chi connectivity index (χ4v) is 1.31. The van der Waals surface area contributed by atoms with E-state index < -0.39 is 0 Å². The molecule has 11 heavy (non-hydrogen) atoms. The maximum Gasteiger partial charge on any atom is 0.0958 e. The van der Waals surface area contributed by atoms with E-state index in [-0.39, 0.29) is 12.2 Å². The van der Waals surface area contributed by atoms with E-state index >= 15 is 0 Å². The van der Waals surface area contributed by atoms with Crippen molar-refractivity contribution in [3.63, 3.8) is 0 Å². The van der Waals surface area contributed by atoms with Gasteiger partial charge in [0.1, 0.15) is 0 Å². The van der Waals surface area contributed by atoms with Gasteiger partial charge in [-0.15, -0.1) is 0 Å². The summed E-state index contributed by atoms with van der Waals surface area (Å²) in [6.07, 6.45) is -0.326. The summed E-state index contributed by atoms with van der Waals surface area (Å²) in [6, 6.07) is 0. The molecule has 0 aromatic rings. The van der Waals surface area contributed by atoms with Crippen LogP contribution in [-0.4, -0.2) is 48.5 Å². The lowest BCUT2D eigenvalue weighted by Gasteiger charge is -2.33. The number of morpholine rings is 1. The quantitative estimate of drug-likeness (QED) is 0.619. The number of hydrogen-bond donors (Lipinski definition) is 1.